The van der Waals surface area contributed by atoms with Crippen LogP contribution < -0.4 is 5.32 Å². The zero-order chi connectivity index (χ0) is 24.1. The molecule has 34 heavy (non-hydrogen) atoms. The molecule has 182 valence electrons. The second kappa shape index (κ2) is 11.6. The van der Waals surface area contributed by atoms with Gasteiger partial charge in [0.25, 0.3) is 5.91 Å². The van der Waals surface area contributed by atoms with Crippen LogP contribution >= 0.6 is 23.2 Å². The summed E-state index contributed by atoms with van der Waals surface area (Å²) in [7, 11) is 1.64. The summed E-state index contributed by atoms with van der Waals surface area (Å²) in [5.41, 5.74) is 3.59. The molecule has 4 rings (SSSR count). The molecule has 2 amide bonds. The molecule has 0 atom stereocenters. The van der Waals surface area contributed by atoms with Crippen LogP contribution in [0.4, 0.5) is 0 Å². The van der Waals surface area contributed by atoms with Gasteiger partial charge in [0, 0.05) is 44.7 Å². The molecule has 5 nitrogen and oxygen atoms in total. The lowest BCUT2D eigenvalue weighted by molar-refractivity contribution is -0.130. The Kier molecular flexibility index (Phi) is 8.51. The minimum atomic E-state index is -0.119. The molecule has 0 saturated carbocycles. The quantitative estimate of drug-likeness (QED) is 0.490. The maximum atomic E-state index is 12.4. The summed E-state index contributed by atoms with van der Waals surface area (Å²) in [6.07, 6.45) is 7.13. The van der Waals surface area contributed by atoms with Crippen LogP contribution in [0.25, 0.3) is 11.1 Å². The van der Waals surface area contributed by atoms with Gasteiger partial charge in [-0.3, -0.25) is 9.59 Å². The fourth-order valence-electron chi connectivity index (χ4n) is 5.16. The average molecular weight is 502 g/mol. The van der Waals surface area contributed by atoms with Crippen molar-refractivity contribution in [2.45, 2.75) is 51.0 Å². The molecular formula is C27H33Cl2N3O2. The van der Waals surface area contributed by atoms with Crippen molar-refractivity contribution in [2.75, 3.05) is 33.2 Å². The number of nitrogens with one attached hydrogen (secondary N) is 1. The van der Waals surface area contributed by atoms with Gasteiger partial charge in [0.2, 0.25) is 5.91 Å². The molecule has 2 aliphatic rings. The number of nitrogens with zero attached hydrogens (tertiary/aromatic N) is 2. The van der Waals surface area contributed by atoms with E-state index in [0.717, 1.165) is 82.3 Å². The first-order valence-electron chi connectivity index (χ1n) is 12.3. The lowest BCUT2D eigenvalue weighted by atomic mass is 9.95. The molecule has 2 saturated heterocycles. The molecule has 2 fully saturated rings. The number of carbonyl (C=O) groups excluding carboxylic acids is 2. The van der Waals surface area contributed by atoms with Gasteiger partial charge in [-0.15, -0.1) is 0 Å². The smallest absolute Gasteiger partial charge is 0.251 e. The fourth-order valence-corrected chi connectivity index (χ4v) is 5.45. The average Bonchev–Trinajstić information content (AvgIpc) is 3.29. The molecular weight excluding hydrogens is 469 g/mol. The van der Waals surface area contributed by atoms with Gasteiger partial charge < -0.3 is 15.1 Å². The van der Waals surface area contributed by atoms with Crippen LogP contribution in [0.3, 0.4) is 0 Å². The third-order valence-corrected chi connectivity index (χ3v) is 7.82. The van der Waals surface area contributed by atoms with Crippen molar-refractivity contribution in [1.82, 2.24) is 15.1 Å². The zero-order valence-electron chi connectivity index (χ0n) is 19.8. The molecule has 7 heteroatoms. The molecule has 0 bridgehead atoms. The molecule has 2 heterocycles. The minimum absolute atomic E-state index is 0.119. The lowest BCUT2D eigenvalue weighted by Gasteiger charge is -2.36. The van der Waals surface area contributed by atoms with Crippen LogP contribution in [0.1, 0.15) is 54.4 Å². The van der Waals surface area contributed by atoms with Crippen molar-refractivity contribution >= 4 is 35.0 Å². The van der Waals surface area contributed by atoms with Gasteiger partial charge >= 0.3 is 0 Å². The third-order valence-electron chi connectivity index (χ3n) is 7.08. The van der Waals surface area contributed by atoms with E-state index in [2.05, 4.69) is 21.2 Å². The Hall–Kier alpha value is -2.08. The standard InChI is InChI=1S/C27H33Cl2N3O2/c1-30-27(34)22-9-7-19(17-23(22)20-8-10-24(28)25(29)18-20)5-2-3-13-31-15-11-21(12-16-31)32-14-4-6-26(32)33/h7-10,17-18,21H,2-6,11-16H2,1H3,(H,30,34). The number of hydrogen-bond acceptors (Lipinski definition) is 3. The highest BCUT2D eigenvalue weighted by Crippen LogP contribution is 2.31. The van der Waals surface area contributed by atoms with Gasteiger partial charge in [-0.1, -0.05) is 41.4 Å². The van der Waals surface area contributed by atoms with E-state index >= 15 is 0 Å². The van der Waals surface area contributed by atoms with Crippen molar-refractivity contribution in [3.05, 3.63) is 57.6 Å². The number of piperidine rings is 1. The molecule has 2 aromatic carbocycles. The van der Waals surface area contributed by atoms with E-state index in [1.54, 1.807) is 13.1 Å². The van der Waals surface area contributed by atoms with Crippen LogP contribution in [-0.2, 0) is 11.2 Å². The summed E-state index contributed by atoms with van der Waals surface area (Å²) in [4.78, 5) is 29.1. The molecule has 0 radical (unpaired) electrons. The van der Waals surface area contributed by atoms with Crippen molar-refractivity contribution in [3.63, 3.8) is 0 Å². The van der Waals surface area contributed by atoms with Crippen LogP contribution in [0, 0.1) is 0 Å². The van der Waals surface area contributed by atoms with Crippen LogP contribution in [-0.4, -0.2) is 60.9 Å². The SMILES string of the molecule is CNC(=O)c1ccc(CCCCN2CCC(N3CCCC3=O)CC2)cc1-c1ccc(Cl)c(Cl)c1. The molecule has 2 aromatic rings. The van der Waals surface area contributed by atoms with Crippen molar-refractivity contribution in [1.29, 1.82) is 0 Å². The summed E-state index contributed by atoms with van der Waals surface area (Å²) in [5.74, 6) is 0.229. The van der Waals surface area contributed by atoms with Crippen LogP contribution in [0.2, 0.25) is 10.0 Å². The highest BCUT2D eigenvalue weighted by molar-refractivity contribution is 6.42. The summed E-state index contributed by atoms with van der Waals surface area (Å²) in [6, 6.07) is 12.0. The van der Waals surface area contributed by atoms with Crippen LogP contribution in [0.5, 0.6) is 0 Å². The summed E-state index contributed by atoms with van der Waals surface area (Å²) >= 11 is 12.3. The Labute approximate surface area is 212 Å². The first-order valence-corrected chi connectivity index (χ1v) is 13.0. The van der Waals surface area contributed by atoms with Gasteiger partial charge in [0.05, 0.1) is 10.0 Å². The Morgan fingerprint density at radius 3 is 2.50 bits per heavy atom. The first kappa shape index (κ1) is 25.0. The van der Waals surface area contributed by atoms with Crippen molar-refractivity contribution in [3.8, 4) is 11.1 Å². The van der Waals surface area contributed by atoms with Gasteiger partial charge in [0.1, 0.15) is 0 Å². The van der Waals surface area contributed by atoms with Gasteiger partial charge in [-0.25, -0.2) is 0 Å². The number of benzene rings is 2. The van der Waals surface area contributed by atoms with E-state index in [1.165, 1.54) is 5.56 Å². The Morgan fingerprint density at radius 1 is 1.03 bits per heavy atom. The second-order valence-corrected chi connectivity index (χ2v) is 10.1. The number of hydrogen-bond donors (Lipinski definition) is 1. The Morgan fingerprint density at radius 2 is 1.82 bits per heavy atom. The lowest BCUT2D eigenvalue weighted by Crippen LogP contribution is -2.45. The van der Waals surface area contributed by atoms with E-state index in [-0.39, 0.29) is 5.91 Å². The normalized spacial score (nSPS) is 17.4. The Balaban J connectivity index is 1.31. The molecule has 0 unspecified atom stereocenters. The van der Waals surface area contributed by atoms with Gasteiger partial charge in [0.15, 0.2) is 0 Å². The predicted molar refractivity (Wildman–Crippen MR) is 139 cm³/mol. The molecule has 0 aromatic heterocycles. The van der Waals surface area contributed by atoms with E-state index in [4.69, 9.17) is 23.2 Å². The largest absolute Gasteiger partial charge is 0.355 e. The number of amides is 2. The maximum absolute atomic E-state index is 12.4. The maximum Gasteiger partial charge on any atom is 0.251 e. The topological polar surface area (TPSA) is 52.7 Å². The first-order chi connectivity index (χ1) is 16.5. The monoisotopic (exact) mass is 501 g/mol. The number of unbranched alkanes of at least 4 members (excludes halogenated alkanes) is 1. The van der Waals surface area contributed by atoms with E-state index in [1.807, 2.05) is 24.3 Å². The number of halogens is 2. The number of likely N-dealkylation sites (tertiary alicyclic amines) is 2. The molecule has 1 N–H and O–H groups in total. The highest BCUT2D eigenvalue weighted by atomic mass is 35.5. The van der Waals surface area contributed by atoms with Gasteiger partial charge in [-0.2, -0.15) is 0 Å². The van der Waals surface area contributed by atoms with Gasteiger partial charge in [-0.05, 0) is 80.0 Å². The minimum Gasteiger partial charge on any atom is -0.355 e. The third kappa shape index (κ3) is 5.94. The summed E-state index contributed by atoms with van der Waals surface area (Å²) in [6.45, 7) is 4.20. The fraction of sp³-hybridized carbons (Fsp3) is 0.481. The van der Waals surface area contributed by atoms with E-state index in [9.17, 15) is 9.59 Å². The predicted octanol–water partition coefficient (Wildman–Crippen LogP) is 5.43. The zero-order valence-corrected chi connectivity index (χ0v) is 21.3. The number of carbonyl (C=O) groups is 2. The Bertz CT molecular complexity index is 1030. The molecule has 0 aliphatic carbocycles. The van der Waals surface area contributed by atoms with Crippen molar-refractivity contribution in [2.24, 2.45) is 0 Å². The molecule has 2 aliphatic heterocycles. The highest BCUT2D eigenvalue weighted by Gasteiger charge is 2.30. The number of rotatable bonds is 8. The summed E-state index contributed by atoms with van der Waals surface area (Å²) in [5, 5.41) is 3.70. The van der Waals surface area contributed by atoms with Crippen molar-refractivity contribution < 1.29 is 9.59 Å². The van der Waals surface area contributed by atoms with E-state index < -0.39 is 0 Å². The molecule has 0 spiro atoms. The summed E-state index contributed by atoms with van der Waals surface area (Å²) < 4.78 is 0. The van der Waals surface area contributed by atoms with Crippen LogP contribution in [0.15, 0.2) is 36.4 Å². The number of aryl methyl sites for hydroxylation is 1. The van der Waals surface area contributed by atoms with E-state index in [0.29, 0.717) is 27.6 Å². The second-order valence-electron chi connectivity index (χ2n) is 9.31.